The van der Waals surface area contributed by atoms with Gasteiger partial charge in [0.15, 0.2) is 0 Å². The molecule has 25 heavy (non-hydrogen) atoms. The average Bonchev–Trinajstić information content (AvgIpc) is 2.57. The Hall–Kier alpha value is -2.53. The minimum Gasteiger partial charge on any atom is -0.493 e. The fourth-order valence-electron chi connectivity index (χ4n) is 2.09. The lowest BCUT2D eigenvalue weighted by atomic mass is 10.2. The number of amides is 1. The second-order valence-electron chi connectivity index (χ2n) is 5.42. The van der Waals surface area contributed by atoms with E-state index in [1.807, 2.05) is 31.2 Å². The molecule has 0 aliphatic heterocycles. The largest absolute Gasteiger partial charge is 0.493 e. The number of nitrogens with zero attached hydrogens (tertiary/aromatic N) is 1. The number of benzene rings is 2. The Bertz CT molecular complexity index is 747. The molecule has 0 aliphatic carbocycles. The quantitative estimate of drug-likeness (QED) is 0.440. The van der Waals surface area contributed by atoms with Crippen LogP contribution in [0.3, 0.4) is 0 Å². The van der Waals surface area contributed by atoms with Gasteiger partial charge in [-0.2, -0.15) is 5.10 Å². The molecule has 0 saturated heterocycles. The molecule has 0 aliphatic rings. The summed E-state index contributed by atoms with van der Waals surface area (Å²) in [4.78, 5) is 10.9. The molecule has 0 unspecified atom stereocenters. The summed E-state index contributed by atoms with van der Waals surface area (Å²) in [5.74, 6) is 1.29. The van der Waals surface area contributed by atoms with Crippen LogP contribution in [0.15, 0.2) is 47.6 Å². The highest BCUT2D eigenvalue weighted by molar-refractivity contribution is 6.30. The Morgan fingerprint density at radius 3 is 2.60 bits per heavy atom. The molecular formula is C19H21ClN2O3. The first-order chi connectivity index (χ1) is 12.1. The fourth-order valence-corrected chi connectivity index (χ4v) is 2.27. The van der Waals surface area contributed by atoms with E-state index in [0.29, 0.717) is 29.5 Å². The van der Waals surface area contributed by atoms with Crippen molar-refractivity contribution >= 4 is 23.7 Å². The molecule has 0 heterocycles. The van der Waals surface area contributed by atoms with Crippen molar-refractivity contribution in [3.05, 3.63) is 58.6 Å². The van der Waals surface area contributed by atoms with Crippen molar-refractivity contribution in [1.82, 2.24) is 5.43 Å². The summed E-state index contributed by atoms with van der Waals surface area (Å²) >= 11 is 6.00. The molecular weight excluding hydrogens is 340 g/mol. The summed E-state index contributed by atoms with van der Waals surface area (Å²) in [6, 6.07) is 13.2. The van der Waals surface area contributed by atoms with Gasteiger partial charge in [-0.15, -0.1) is 0 Å². The maximum Gasteiger partial charge on any atom is 0.236 e. The second kappa shape index (κ2) is 9.69. The van der Waals surface area contributed by atoms with E-state index in [2.05, 4.69) is 10.5 Å². The highest BCUT2D eigenvalue weighted by atomic mass is 35.5. The van der Waals surface area contributed by atoms with Crippen LogP contribution in [0.25, 0.3) is 0 Å². The Morgan fingerprint density at radius 1 is 1.16 bits per heavy atom. The summed E-state index contributed by atoms with van der Waals surface area (Å²) in [6.45, 7) is 4.46. The average molecular weight is 361 g/mol. The summed E-state index contributed by atoms with van der Waals surface area (Å²) < 4.78 is 11.5. The Morgan fingerprint density at radius 2 is 1.88 bits per heavy atom. The maximum absolute atomic E-state index is 10.9. The van der Waals surface area contributed by atoms with Gasteiger partial charge >= 0.3 is 0 Å². The van der Waals surface area contributed by atoms with Crippen LogP contribution in [0, 0.1) is 6.92 Å². The summed E-state index contributed by atoms with van der Waals surface area (Å²) in [6.07, 6.45) is 2.24. The zero-order valence-corrected chi connectivity index (χ0v) is 15.0. The highest BCUT2D eigenvalue weighted by Gasteiger charge is 2.04. The first-order valence-corrected chi connectivity index (χ1v) is 8.34. The normalized spacial score (nSPS) is 10.7. The van der Waals surface area contributed by atoms with Gasteiger partial charge in [0.2, 0.25) is 5.91 Å². The molecule has 0 bridgehead atoms. The van der Waals surface area contributed by atoms with Gasteiger partial charge in [-0.25, -0.2) is 5.43 Å². The first-order valence-electron chi connectivity index (χ1n) is 7.96. The number of rotatable bonds is 8. The van der Waals surface area contributed by atoms with Gasteiger partial charge in [0.05, 0.1) is 19.4 Å². The molecule has 0 atom stereocenters. The highest BCUT2D eigenvalue weighted by Crippen LogP contribution is 2.22. The molecule has 0 spiro atoms. The minimum absolute atomic E-state index is 0.242. The van der Waals surface area contributed by atoms with E-state index in [1.54, 1.807) is 18.2 Å². The number of nitrogens with one attached hydrogen (secondary N) is 1. The number of carbonyl (C=O) groups is 1. The molecule has 2 aromatic rings. The van der Waals surface area contributed by atoms with Gasteiger partial charge < -0.3 is 9.47 Å². The number of hydrogen-bond donors (Lipinski definition) is 1. The van der Waals surface area contributed by atoms with Crippen molar-refractivity contribution in [2.75, 3.05) is 13.2 Å². The Kier molecular flexibility index (Phi) is 7.29. The molecule has 5 nitrogen and oxygen atoms in total. The molecule has 2 rings (SSSR count). The van der Waals surface area contributed by atoms with Crippen molar-refractivity contribution in [3.8, 4) is 11.5 Å². The molecule has 6 heteroatoms. The number of hydrogen-bond acceptors (Lipinski definition) is 4. The molecule has 0 saturated carbocycles. The lowest BCUT2D eigenvalue weighted by Gasteiger charge is -2.11. The van der Waals surface area contributed by atoms with E-state index in [1.165, 1.54) is 13.1 Å². The van der Waals surface area contributed by atoms with Gasteiger partial charge in [-0.3, -0.25) is 4.79 Å². The van der Waals surface area contributed by atoms with E-state index < -0.39 is 0 Å². The lowest BCUT2D eigenvalue weighted by molar-refractivity contribution is -0.118. The van der Waals surface area contributed by atoms with Crippen molar-refractivity contribution < 1.29 is 14.3 Å². The third-order valence-corrected chi connectivity index (χ3v) is 3.53. The van der Waals surface area contributed by atoms with Gasteiger partial charge in [0.25, 0.3) is 0 Å². The van der Waals surface area contributed by atoms with E-state index in [9.17, 15) is 4.79 Å². The van der Waals surface area contributed by atoms with Crippen molar-refractivity contribution in [3.63, 3.8) is 0 Å². The Labute approximate surface area is 152 Å². The minimum atomic E-state index is -0.242. The molecule has 132 valence electrons. The first kappa shape index (κ1) is 18.8. The lowest BCUT2D eigenvalue weighted by Crippen LogP contribution is -2.12. The van der Waals surface area contributed by atoms with Crippen molar-refractivity contribution in [1.29, 1.82) is 0 Å². The van der Waals surface area contributed by atoms with E-state index in [0.717, 1.165) is 17.7 Å². The van der Waals surface area contributed by atoms with Crippen molar-refractivity contribution in [2.45, 2.75) is 20.3 Å². The number of aryl methyl sites for hydroxylation is 1. The smallest absolute Gasteiger partial charge is 0.236 e. The van der Waals surface area contributed by atoms with Gasteiger partial charge in [-0.1, -0.05) is 29.8 Å². The van der Waals surface area contributed by atoms with Crippen LogP contribution in [0.1, 0.15) is 24.5 Å². The maximum atomic E-state index is 10.9. The zero-order valence-electron chi connectivity index (χ0n) is 14.3. The van der Waals surface area contributed by atoms with E-state index >= 15 is 0 Å². The Balaban J connectivity index is 1.84. The topological polar surface area (TPSA) is 59.9 Å². The van der Waals surface area contributed by atoms with Crippen molar-refractivity contribution in [2.24, 2.45) is 5.10 Å². The number of carbonyl (C=O) groups excluding carboxylic acids is 1. The number of ether oxygens (including phenoxy) is 2. The molecule has 1 N–H and O–H groups in total. The predicted molar refractivity (Wildman–Crippen MR) is 99.6 cm³/mol. The molecule has 0 aromatic heterocycles. The third kappa shape index (κ3) is 6.47. The molecule has 0 fully saturated rings. The summed E-state index contributed by atoms with van der Waals surface area (Å²) in [5, 5.41) is 4.42. The van der Waals surface area contributed by atoms with Crippen LogP contribution in [0.4, 0.5) is 0 Å². The van der Waals surface area contributed by atoms with Gasteiger partial charge in [0.1, 0.15) is 11.5 Å². The number of halogens is 1. The monoisotopic (exact) mass is 360 g/mol. The molecule has 0 radical (unpaired) electrons. The third-order valence-electron chi connectivity index (χ3n) is 3.29. The van der Waals surface area contributed by atoms with Gasteiger partial charge in [0, 0.05) is 23.9 Å². The van der Waals surface area contributed by atoms with Crippen LogP contribution in [0.5, 0.6) is 11.5 Å². The fraction of sp³-hybridized carbons (Fsp3) is 0.263. The van der Waals surface area contributed by atoms with Crippen LogP contribution in [0.2, 0.25) is 5.02 Å². The second-order valence-corrected chi connectivity index (χ2v) is 5.86. The van der Waals surface area contributed by atoms with E-state index in [-0.39, 0.29) is 5.91 Å². The van der Waals surface area contributed by atoms with Crippen LogP contribution < -0.4 is 14.9 Å². The molecule has 1 amide bonds. The van der Waals surface area contributed by atoms with Crippen LogP contribution >= 0.6 is 11.6 Å². The zero-order chi connectivity index (χ0) is 18.1. The van der Waals surface area contributed by atoms with E-state index in [4.69, 9.17) is 21.1 Å². The SMILES string of the molecule is CC(=O)NN=Cc1cc(Cl)ccc1OCCCOc1ccccc1C. The van der Waals surface area contributed by atoms with Gasteiger partial charge in [-0.05, 0) is 36.8 Å². The van der Waals surface area contributed by atoms with Crippen LogP contribution in [-0.2, 0) is 4.79 Å². The number of para-hydroxylation sites is 1. The molecule has 2 aromatic carbocycles. The standard InChI is InChI=1S/C19H21ClN2O3/c1-14-6-3-4-7-18(14)24-10-5-11-25-19-9-8-17(20)12-16(19)13-21-22-15(2)23/h3-4,6-9,12-13H,5,10-11H2,1-2H3,(H,22,23). The summed E-state index contributed by atoms with van der Waals surface area (Å²) in [7, 11) is 0. The summed E-state index contributed by atoms with van der Waals surface area (Å²) in [5.41, 5.74) is 4.16. The predicted octanol–water partition coefficient (Wildman–Crippen LogP) is 3.97. The van der Waals surface area contributed by atoms with Crippen LogP contribution in [-0.4, -0.2) is 25.3 Å². The number of hydrazone groups is 1.